The molecule has 2 aromatic carbocycles. The third-order valence-electron chi connectivity index (χ3n) is 5.03. The highest BCUT2D eigenvalue weighted by atomic mass is 19.1. The lowest BCUT2D eigenvalue weighted by Gasteiger charge is -2.38. The SMILES string of the molecule is CNc1ccc(C(=O)N2CCN(C(C)c3c(F)cc(F)cc3F)CC2)cc1. The predicted octanol–water partition coefficient (Wildman–Crippen LogP) is 3.66. The summed E-state index contributed by atoms with van der Waals surface area (Å²) in [6, 6.07) is 8.07. The van der Waals surface area contributed by atoms with Crippen molar-refractivity contribution in [1.82, 2.24) is 9.80 Å². The number of anilines is 1. The Labute approximate surface area is 156 Å². The number of hydrogen-bond donors (Lipinski definition) is 1. The summed E-state index contributed by atoms with van der Waals surface area (Å²) in [6.07, 6.45) is 0. The molecule has 0 bridgehead atoms. The average Bonchev–Trinajstić information content (AvgIpc) is 2.66. The van der Waals surface area contributed by atoms with Crippen LogP contribution in [0.4, 0.5) is 18.9 Å². The van der Waals surface area contributed by atoms with Gasteiger partial charge in [0.25, 0.3) is 5.91 Å². The predicted molar refractivity (Wildman–Crippen MR) is 98.2 cm³/mol. The summed E-state index contributed by atoms with van der Waals surface area (Å²) in [5.41, 5.74) is 1.39. The Kier molecular flexibility index (Phi) is 5.70. The van der Waals surface area contributed by atoms with Gasteiger partial charge in [0.05, 0.1) is 0 Å². The molecular formula is C20H22F3N3O. The number of piperazine rings is 1. The van der Waals surface area contributed by atoms with E-state index in [0.717, 1.165) is 5.69 Å². The molecule has 144 valence electrons. The van der Waals surface area contributed by atoms with Gasteiger partial charge in [-0.25, -0.2) is 13.2 Å². The normalized spacial score (nSPS) is 16.3. The third kappa shape index (κ3) is 4.08. The molecule has 1 fully saturated rings. The molecule has 4 nitrogen and oxygen atoms in total. The first-order valence-electron chi connectivity index (χ1n) is 8.86. The fourth-order valence-corrected chi connectivity index (χ4v) is 3.41. The van der Waals surface area contributed by atoms with Gasteiger partial charge in [-0.1, -0.05) is 0 Å². The van der Waals surface area contributed by atoms with E-state index in [9.17, 15) is 18.0 Å². The van der Waals surface area contributed by atoms with Crippen LogP contribution < -0.4 is 5.32 Å². The molecule has 0 radical (unpaired) electrons. The number of hydrogen-bond acceptors (Lipinski definition) is 3. The fourth-order valence-electron chi connectivity index (χ4n) is 3.41. The van der Waals surface area contributed by atoms with Crippen LogP contribution in [0, 0.1) is 17.5 Å². The molecule has 1 atom stereocenters. The molecule has 3 rings (SSSR count). The highest BCUT2D eigenvalue weighted by Crippen LogP contribution is 2.27. The topological polar surface area (TPSA) is 35.6 Å². The average molecular weight is 377 g/mol. The van der Waals surface area contributed by atoms with Gasteiger partial charge in [0.1, 0.15) is 17.5 Å². The van der Waals surface area contributed by atoms with Crippen molar-refractivity contribution in [2.75, 3.05) is 38.5 Å². The van der Waals surface area contributed by atoms with Crippen molar-refractivity contribution in [3.63, 3.8) is 0 Å². The van der Waals surface area contributed by atoms with Crippen LogP contribution in [0.3, 0.4) is 0 Å². The Morgan fingerprint density at radius 1 is 1.00 bits per heavy atom. The first-order valence-corrected chi connectivity index (χ1v) is 8.86. The Morgan fingerprint density at radius 3 is 2.07 bits per heavy atom. The standard InChI is InChI=1S/C20H22F3N3O/c1-13(19-17(22)11-15(21)12-18(19)23)25-7-9-26(10-8-25)20(27)14-3-5-16(24-2)6-4-14/h3-6,11-13,24H,7-10H2,1-2H3. The maximum absolute atomic E-state index is 14.0. The maximum atomic E-state index is 14.0. The van der Waals surface area contributed by atoms with Crippen molar-refractivity contribution in [2.24, 2.45) is 0 Å². The summed E-state index contributed by atoms with van der Waals surface area (Å²) in [7, 11) is 1.81. The van der Waals surface area contributed by atoms with E-state index < -0.39 is 23.5 Å². The number of benzene rings is 2. The molecule has 0 saturated carbocycles. The molecule has 2 aromatic rings. The molecule has 1 unspecified atom stereocenters. The van der Waals surface area contributed by atoms with Crippen LogP contribution in [0.5, 0.6) is 0 Å². The number of carbonyl (C=O) groups excluding carboxylic acids is 1. The first kappa shape index (κ1) is 19.2. The molecule has 27 heavy (non-hydrogen) atoms. The van der Waals surface area contributed by atoms with Crippen LogP contribution >= 0.6 is 0 Å². The fraction of sp³-hybridized carbons (Fsp3) is 0.350. The van der Waals surface area contributed by atoms with Crippen LogP contribution in [-0.4, -0.2) is 48.9 Å². The third-order valence-corrected chi connectivity index (χ3v) is 5.03. The van der Waals surface area contributed by atoms with Gasteiger partial charge in [-0.2, -0.15) is 0 Å². The molecule has 1 saturated heterocycles. The number of rotatable bonds is 4. The van der Waals surface area contributed by atoms with Crippen LogP contribution in [0.15, 0.2) is 36.4 Å². The van der Waals surface area contributed by atoms with Crippen LogP contribution in [0.25, 0.3) is 0 Å². The van der Waals surface area contributed by atoms with Gasteiger partial charge in [0.2, 0.25) is 0 Å². The van der Waals surface area contributed by atoms with Gasteiger partial charge in [-0.15, -0.1) is 0 Å². The minimum Gasteiger partial charge on any atom is -0.388 e. The number of carbonyl (C=O) groups is 1. The quantitative estimate of drug-likeness (QED) is 0.883. The molecule has 1 aliphatic heterocycles. The van der Waals surface area contributed by atoms with E-state index in [-0.39, 0.29) is 11.5 Å². The van der Waals surface area contributed by atoms with Gasteiger partial charge in [0, 0.05) is 68.2 Å². The van der Waals surface area contributed by atoms with Crippen LogP contribution in [0.2, 0.25) is 0 Å². The van der Waals surface area contributed by atoms with E-state index in [1.807, 2.05) is 24.1 Å². The van der Waals surface area contributed by atoms with Gasteiger partial charge in [0.15, 0.2) is 0 Å². The van der Waals surface area contributed by atoms with Crippen molar-refractivity contribution in [3.05, 3.63) is 65.0 Å². The molecule has 0 aliphatic carbocycles. The molecule has 1 N–H and O–H groups in total. The highest BCUT2D eigenvalue weighted by molar-refractivity contribution is 5.94. The molecule has 0 spiro atoms. The first-order chi connectivity index (χ1) is 12.9. The van der Waals surface area contributed by atoms with E-state index in [1.165, 1.54) is 0 Å². The lowest BCUT2D eigenvalue weighted by Crippen LogP contribution is -2.49. The largest absolute Gasteiger partial charge is 0.388 e. The number of nitrogens with zero attached hydrogens (tertiary/aromatic N) is 2. The smallest absolute Gasteiger partial charge is 0.253 e. The van der Waals surface area contributed by atoms with Gasteiger partial charge >= 0.3 is 0 Å². The molecular weight excluding hydrogens is 355 g/mol. The summed E-state index contributed by atoms with van der Waals surface area (Å²) in [4.78, 5) is 16.2. The lowest BCUT2D eigenvalue weighted by molar-refractivity contribution is 0.0575. The minimum absolute atomic E-state index is 0.0656. The van der Waals surface area contributed by atoms with E-state index in [0.29, 0.717) is 43.9 Å². The second kappa shape index (κ2) is 8.00. The maximum Gasteiger partial charge on any atom is 0.253 e. The summed E-state index contributed by atoms with van der Waals surface area (Å²) in [6.45, 7) is 3.58. The zero-order valence-electron chi connectivity index (χ0n) is 15.3. The van der Waals surface area contributed by atoms with Gasteiger partial charge in [-0.3, -0.25) is 9.69 Å². The Morgan fingerprint density at radius 2 is 1.56 bits per heavy atom. The molecule has 0 aromatic heterocycles. The van der Waals surface area contributed by atoms with Gasteiger partial charge in [-0.05, 0) is 31.2 Å². The van der Waals surface area contributed by atoms with Gasteiger partial charge < -0.3 is 10.2 Å². The summed E-state index contributed by atoms with van der Waals surface area (Å²) >= 11 is 0. The molecule has 1 aliphatic rings. The van der Waals surface area contributed by atoms with E-state index in [4.69, 9.17) is 0 Å². The molecule has 1 amide bonds. The van der Waals surface area contributed by atoms with Crippen molar-refractivity contribution >= 4 is 11.6 Å². The Balaban J connectivity index is 1.65. The number of nitrogens with one attached hydrogen (secondary N) is 1. The minimum atomic E-state index is -0.930. The number of amides is 1. The van der Waals surface area contributed by atoms with Crippen molar-refractivity contribution in [1.29, 1.82) is 0 Å². The second-order valence-electron chi connectivity index (χ2n) is 6.61. The van der Waals surface area contributed by atoms with Crippen molar-refractivity contribution in [3.8, 4) is 0 Å². The van der Waals surface area contributed by atoms with E-state index in [1.54, 1.807) is 24.0 Å². The van der Waals surface area contributed by atoms with Crippen molar-refractivity contribution in [2.45, 2.75) is 13.0 Å². The second-order valence-corrected chi connectivity index (χ2v) is 6.61. The Bertz CT molecular complexity index is 795. The molecule has 1 heterocycles. The van der Waals surface area contributed by atoms with Crippen molar-refractivity contribution < 1.29 is 18.0 Å². The Hall–Kier alpha value is -2.54. The summed E-state index contributed by atoms with van der Waals surface area (Å²) in [5, 5.41) is 3.00. The van der Waals surface area contributed by atoms with Crippen LogP contribution in [0.1, 0.15) is 28.9 Å². The monoisotopic (exact) mass is 377 g/mol. The highest BCUT2D eigenvalue weighted by Gasteiger charge is 2.28. The summed E-state index contributed by atoms with van der Waals surface area (Å²) in [5.74, 6) is -2.77. The zero-order valence-corrected chi connectivity index (χ0v) is 15.3. The van der Waals surface area contributed by atoms with E-state index in [2.05, 4.69) is 5.32 Å². The zero-order chi connectivity index (χ0) is 19.6. The van der Waals surface area contributed by atoms with E-state index >= 15 is 0 Å². The molecule has 7 heteroatoms. The summed E-state index contributed by atoms with van der Waals surface area (Å²) < 4.78 is 41.2. The van der Waals surface area contributed by atoms with Crippen LogP contribution in [-0.2, 0) is 0 Å². The lowest BCUT2D eigenvalue weighted by atomic mass is 10.0. The number of halogens is 3.